The molecule has 3 aromatic rings. The first-order chi connectivity index (χ1) is 12.0. The van der Waals surface area contributed by atoms with Crippen LogP contribution < -0.4 is 10.6 Å². The second-order valence-corrected chi connectivity index (χ2v) is 6.83. The number of aromatic nitrogens is 2. The minimum Gasteiger partial charge on any atom is -0.376 e. The molecule has 0 aliphatic heterocycles. The van der Waals surface area contributed by atoms with Gasteiger partial charge in [-0.15, -0.1) is 0 Å². The van der Waals surface area contributed by atoms with Gasteiger partial charge >= 0.3 is 0 Å². The number of rotatable bonds is 6. The summed E-state index contributed by atoms with van der Waals surface area (Å²) in [6, 6.07) is 7.72. The topological polar surface area (TPSA) is 80.0 Å². The summed E-state index contributed by atoms with van der Waals surface area (Å²) in [6.45, 7) is 6.15. The van der Waals surface area contributed by atoms with Crippen LogP contribution in [0.2, 0.25) is 0 Å². The molecule has 2 N–H and O–H groups in total. The number of thiophene rings is 1. The van der Waals surface area contributed by atoms with Gasteiger partial charge in [-0.25, -0.2) is 0 Å². The molecule has 0 fully saturated rings. The molecule has 2 aromatic heterocycles. The Hall–Kier alpha value is -2.67. The molecule has 0 radical (unpaired) electrons. The van der Waals surface area contributed by atoms with Crippen molar-refractivity contribution in [3.63, 3.8) is 0 Å². The molecule has 2 heterocycles. The van der Waals surface area contributed by atoms with Crippen LogP contribution in [0, 0.1) is 12.8 Å². The summed E-state index contributed by atoms with van der Waals surface area (Å²) in [5, 5.41) is 14.1. The molecule has 0 unspecified atom stereocenters. The smallest absolute Gasteiger partial charge is 0.246 e. The first kappa shape index (κ1) is 17.2. The SMILES string of the molecule is Cc1ccc(NC(=O)C(C)C)cc1NCc1nc(-c2ccsc2)no1. The number of nitrogens with one attached hydrogen (secondary N) is 2. The standard InChI is InChI=1S/C18H20N4O2S/c1-11(2)18(23)20-14-5-4-12(3)15(8-14)19-9-16-21-17(22-24-16)13-6-7-25-10-13/h4-8,10-11,19H,9H2,1-3H3,(H,20,23). The van der Waals surface area contributed by atoms with E-state index in [9.17, 15) is 4.79 Å². The largest absolute Gasteiger partial charge is 0.376 e. The summed E-state index contributed by atoms with van der Waals surface area (Å²) in [5.41, 5.74) is 3.70. The molecule has 25 heavy (non-hydrogen) atoms. The zero-order valence-corrected chi connectivity index (χ0v) is 15.2. The fourth-order valence-electron chi connectivity index (χ4n) is 2.18. The second kappa shape index (κ2) is 7.48. The fraction of sp³-hybridized carbons (Fsp3) is 0.278. The van der Waals surface area contributed by atoms with Gasteiger partial charge in [0.05, 0.1) is 6.54 Å². The van der Waals surface area contributed by atoms with Gasteiger partial charge in [-0.1, -0.05) is 25.1 Å². The minimum absolute atomic E-state index is 0.00731. The van der Waals surface area contributed by atoms with Crippen LogP contribution in [0.15, 0.2) is 39.5 Å². The van der Waals surface area contributed by atoms with Crippen LogP contribution in [0.3, 0.4) is 0 Å². The predicted octanol–water partition coefficient (Wildman–Crippen LogP) is 4.31. The number of hydrogen-bond donors (Lipinski definition) is 2. The first-order valence-corrected chi connectivity index (χ1v) is 8.98. The molecule has 0 spiro atoms. The Morgan fingerprint density at radius 3 is 2.88 bits per heavy atom. The third-order valence-electron chi connectivity index (χ3n) is 3.71. The lowest BCUT2D eigenvalue weighted by atomic mass is 10.1. The van der Waals surface area contributed by atoms with E-state index < -0.39 is 0 Å². The van der Waals surface area contributed by atoms with Crippen molar-refractivity contribution in [2.24, 2.45) is 5.92 Å². The molecular weight excluding hydrogens is 336 g/mol. The van der Waals surface area contributed by atoms with Gasteiger partial charge in [0.15, 0.2) is 0 Å². The molecule has 130 valence electrons. The lowest BCUT2D eigenvalue weighted by molar-refractivity contribution is -0.118. The maximum Gasteiger partial charge on any atom is 0.246 e. The van der Waals surface area contributed by atoms with Crippen LogP contribution >= 0.6 is 11.3 Å². The van der Waals surface area contributed by atoms with Crippen LogP contribution in [0.1, 0.15) is 25.3 Å². The summed E-state index contributed by atoms with van der Waals surface area (Å²) in [4.78, 5) is 16.2. The Kier molecular flexibility index (Phi) is 5.14. The molecule has 7 heteroatoms. The van der Waals surface area contributed by atoms with E-state index >= 15 is 0 Å². The van der Waals surface area contributed by atoms with Crippen molar-refractivity contribution < 1.29 is 9.32 Å². The number of aryl methyl sites for hydroxylation is 1. The molecule has 0 saturated heterocycles. The monoisotopic (exact) mass is 356 g/mol. The highest BCUT2D eigenvalue weighted by atomic mass is 32.1. The molecule has 0 aliphatic carbocycles. The fourth-order valence-corrected chi connectivity index (χ4v) is 2.82. The lowest BCUT2D eigenvalue weighted by Crippen LogP contribution is -2.17. The van der Waals surface area contributed by atoms with E-state index in [1.807, 2.05) is 55.8 Å². The molecule has 0 atom stereocenters. The van der Waals surface area contributed by atoms with Crippen molar-refractivity contribution in [3.05, 3.63) is 46.5 Å². The Morgan fingerprint density at radius 2 is 2.16 bits per heavy atom. The van der Waals surface area contributed by atoms with Crippen LogP contribution in [0.25, 0.3) is 11.4 Å². The highest BCUT2D eigenvalue weighted by Gasteiger charge is 2.11. The number of hydrogen-bond acceptors (Lipinski definition) is 6. The average Bonchev–Trinajstić information content (AvgIpc) is 3.26. The summed E-state index contributed by atoms with van der Waals surface area (Å²) < 4.78 is 5.29. The Bertz CT molecular complexity index is 856. The highest BCUT2D eigenvalue weighted by Crippen LogP contribution is 2.22. The van der Waals surface area contributed by atoms with Crippen molar-refractivity contribution >= 4 is 28.6 Å². The van der Waals surface area contributed by atoms with Gasteiger partial charge in [-0.05, 0) is 36.1 Å². The third kappa shape index (κ3) is 4.24. The molecule has 0 saturated carbocycles. The normalized spacial score (nSPS) is 10.9. The maximum atomic E-state index is 11.8. The molecule has 6 nitrogen and oxygen atoms in total. The van der Waals surface area contributed by atoms with Gasteiger partial charge in [-0.3, -0.25) is 4.79 Å². The molecule has 0 aliphatic rings. The van der Waals surface area contributed by atoms with E-state index in [2.05, 4.69) is 20.8 Å². The minimum atomic E-state index is -0.0633. The van der Waals surface area contributed by atoms with Crippen LogP contribution in [0.4, 0.5) is 11.4 Å². The van der Waals surface area contributed by atoms with E-state index in [1.54, 1.807) is 11.3 Å². The van der Waals surface area contributed by atoms with Gasteiger partial charge in [-0.2, -0.15) is 16.3 Å². The van der Waals surface area contributed by atoms with E-state index in [-0.39, 0.29) is 11.8 Å². The van der Waals surface area contributed by atoms with Gasteiger partial charge in [0, 0.05) is 28.2 Å². The number of benzene rings is 1. The lowest BCUT2D eigenvalue weighted by Gasteiger charge is -2.12. The molecule has 1 aromatic carbocycles. The number of carbonyl (C=O) groups is 1. The van der Waals surface area contributed by atoms with E-state index in [1.165, 1.54) is 0 Å². The highest BCUT2D eigenvalue weighted by molar-refractivity contribution is 7.08. The number of nitrogens with zero attached hydrogens (tertiary/aromatic N) is 2. The van der Waals surface area contributed by atoms with Gasteiger partial charge < -0.3 is 15.2 Å². The third-order valence-corrected chi connectivity index (χ3v) is 4.39. The Labute approximate surface area is 150 Å². The maximum absolute atomic E-state index is 11.8. The quantitative estimate of drug-likeness (QED) is 0.688. The zero-order valence-electron chi connectivity index (χ0n) is 14.4. The molecular formula is C18H20N4O2S. The summed E-state index contributed by atoms with van der Waals surface area (Å²) >= 11 is 1.59. The zero-order chi connectivity index (χ0) is 17.8. The first-order valence-electron chi connectivity index (χ1n) is 8.03. The molecule has 0 bridgehead atoms. The Morgan fingerprint density at radius 1 is 1.32 bits per heavy atom. The summed E-state index contributed by atoms with van der Waals surface area (Å²) in [6.07, 6.45) is 0. The van der Waals surface area contributed by atoms with Crippen molar-refractivity contribution in [3.8, 4) is 11.4 Å². The number of amides is 1. The molecule has 3 rings (SSSR count). The van der Waals surface area contributed by atoms with E-state index in [0.717, 1.165) is 22.5 Å². The molecule has 1 amide bonds. The van der Waals surface area contributed by atoms with Crippen molar-refractivity contribution in [1.82, 2.24) is 10.1 Å². The summed E-state index contributed by atoms with van der Waals surface area (Å²) in [7, 11) is 0. The van der Waals surface area contributed by atoms with E-state index in [0.29, 0.717) is 18.3 Å². The summed E-state index contributed by atoms with van der Waals surface area (Å²) in [5.74, 6) is 1.03. The average molecular weight is 356 g/mol. The van der Waals surface area contributed by atoms with Crippen LogP contribution in [-0.4, -0.2) is 16.0 Å². The van der Waals surface area contributed by atoms with Gasteiger partial charge in [0.2, 0.25) is 17.6 Å². The second-order valence-electron chi connectivity index (χ2n) is 6.05. The number of carbonyl (C=O) groups excluding carboxylic acids is 1. The van der Waals surface area contributed by atoms with E-state index in [4.69, 9.17) is 4.52 Å². The van der Waals surface area contributed by atoms with Crippen molar-refractivity contribution in [2.45, 2.75) is 27.3 Å². The van der Waals surface area contributed by atoms with Crippen LogP contribution in [-0.2, 0) is 11.3 Å². The van der Waals surface area contributed by atoms with Crippen molar-refractivity contribution in [1.29, 1.82) is 0 Å². The van der Waals surface area contributed by atoms with Crippen LogP contribution in [0.5, 0.6) is 0 Å². The van der Waals surface area contributed by atoms with Gasteiger partial charge in [0.25, 0.3) is 0 Å². The predicted molar refractivity (Wildman–Crippen MR) is 99.6 cm³/mol. The van der Waals surface area contributed by atoms with Gasteiger partial charge in [0.1, 0.15) is 0 Å². The Balaban J connectivity index is 1.67. The van der Waals surface area contributed by atoms with Crippen molar-refractivity contribution in [2.75, 3.05) is 10.6 Å². The number of anilines is 2.